The summed E-state index contributed by atoms with van der Waals surface area (Å²) in [6.07, 6.45) is 0. The third-order valence-electron chi connectivity index (χ3n) is 5.99. The molecular weight excluding hydrogens is 416 g/mol. The molecule has 33 heavy (non-hydrogen) atoms. The summed E-state index contributed by atoms with van der Waals surface area (Å²) >= 11 is 0. The number of fused-ring (bicyclic) bond motifs is 1. The second kappa shape index (κ2) is 9.48. The largest absolute Gasteiger partial charge is 0.497 e. The summed E-state index contributed by atoms with van der Waals surface area (Å²) in [6, 6.07) is 24.9. The molecule has 1 atom stereocenters. The Bertz CT molecular complexity index is 1230. The monoisotopic (exact) mass is 442 g/mol. The highest BCUT2D eigenvalue weighted by atomic mass is 16.5. The van der Waals surface area contributed by atoms with E-state index in [0.29, 0.717) is 30.2 Å². The first-order valence-electron chi connectivity index (χ1n) is 11.1. The number of ether oxygens (including phenoxy) is 2. The van der Waals surface area contributed by atoms with E-state index in [4.69, 9.17) is 13.9 Å². The Morgan fingerprint density at radius 2 is 1.64 bits per heavy atom. The lowest BCUT2D eigenvalue weighted by Gasteiger charge is -2.34. The van der Waals surface area contributed by atoms with Crippen LogP contribution in [0.4, 0.5) is 5.69 Å². The molecule has 2 heterocycles. The first-order valence-corrected chi connectivity index (χ1v) is 11.1. The van der Waals surface area contributed by atoms with Gasteiger partial charge in [-0.25, -0.2) is 0 Å². The van der Waals surface area contributed by atoms with Crippen LogP contribution >= 0.6 is 0 Å². The minimum Gasteiger partial charge on any atom is -0.497 e. The fraction of sp³-hybridized carbons (Fsp3) is 0.222. The van der Waals surface area contributed by atoms with Gasteiger partial charge in [0.2, 0.25) is 0 Å². The second-order valence-corrected chi connectivity index (χ2v) is 7.98. The third kappa shape index (κ3) is 4.35. The highest BCUT2D eigenvalue weighted by Crippen LogP contribution is 2.41. The quantitative estimate of drug-likeness (QED) is 0.449. The van der Waals surface area contributed by atoms with Crippen molar-refractivity contribution in [1.29, 1.82) is 0 Å². The van der Waals surface area contributed by atoms with Crippen LogP contribution in [0.3, 0.4) is 0 Å². The minimum absolute atomic E-state index is 0.168. The number of anilines is 1. The average Bonchev–Trinajstić information content (AvgIpc) is 3.23. The van der Waals surface area contributed by atoms with Gasteiger partial charge in [0, 0.05) is 24.0 Å². The number of morpholine rings is 1. The highest BCUT2D eigenvalue weighted by Gasteiger charge is 2.31. The maximum atomic E-state index is 13.1. The molecule has 1 fully saturated rings. The van der Waals surface area contributed by atoms with E-state index in [1.807, 2.05) is 54.6 Å². The summed E-state index contributed by atoms with van der Waals surface area (Å²) < 4.78 is 17.4. The van der Waals surface area contributed by atoms with Gasteiger partial charge in [-0.15, -0.1) is 0 Å². The number of amides is 1. The van der Waals surface area contributed by atoms with Crippen LogP contribution < -0.4 is 10.1 Å². The van der Waals surface area contributed by atoms with Crippen molar-refractivity contribution in [3.05, 3.63) is 95.7 Å². The number of nitrogens with one attached hydrogen (secondary N) is 1. The number of carbonyl (C=O) groups is 1. The van der Waals surface area contributed by atoms with E-state index >= 15 is 0 Å². The van der Waals surface area contributed by atoms with Gasteiger partial charge in [0.15, 0.2) is 0 Å². The predicted octanol–water partition coefficient (Wildman–Crippen LogP) is 5.12. The van der Waals surface area contributed by atoms with Gasteiger partial charge in [0.05, 0.1) is 32.1 Å². The number of carbonyl (C=O) groups excluding carboxylic acids is 1. The van der Waals surface area contributed by atoms with Gasteiger partial charge in [-0.2, -0.15) is 0 Å². The Morgan fingerprint density at radius 3 is 2.36 bits per heavy atom. The Hall–Kier alpha value is -3.61. The molecule has 6 nitrogen and oxygen atoms in total. The summed E-state index contributed by atoms with van der Waals surface area (Å²) in [7, 11) is 1.66. The van der Waals surface area contributed by atoms with E-state index in [-0.39, 0.29) is 11.9 Å². The molecule has 5 rings (SSSR count). The lowest BCUT2D eigenvalue weighted by molar-refractivity contribution is 0.0206. The van der Waals surface area contributed by atoms with Crippen LogP contribution in [0.1, 0.15) is 27.7 Å². The van der Waals surface area contributed by atoms with E-state index in [1.165, 1.54) is 0 Å². The van der Waals surface area contributed by atoms with Crippen LogP contribution in [-0.2, 0) is 4.74 Å². The number of hydrogen-bond acceptors (Lipinski definition) is 5. The molecule has 3 aromatic carbocycles. The lowest BCUT2D eigenvalue weighted by Crippen LogP contribution is -2.39. The first kappa shape index (κ1) is 21.2. The first-order chi connectivity index (χ1) is 16.2. The number of hydrogen-bond donors (Lipinski definition) is 1. The number of rotatable bonds is 6. The summed E-state index contributed by atoms with van der Waals surface area (Å²) in [4.78, 5) is 15.5. The van der Waals surface area contributed by atoms with Crippen molar-refractivity contribution in [1.82, 2.24) is 4.90 Å². The van der Waals surface area contributed by atoms with E-state index in [0.717, 1.165) is 35.4 Å². The molecule has 0 radical (unpaired) electrons. The van der Waals surface area contributed by atoms with Crippen molar-refractivity contribution in [2.24, 2.45) is 0 Å². The summed E-state index contributed by atoms with van der Waals surface area (Å²) in [5.41, 5.74) is 3.10. The molecule has 1 amide bonds. The molecule has 1 aromatic heterocycles. The van der Waals surface area contributed by atoms with E-state index in [2.05, 4.69) is 22.3 Å². The normalized spacial score (nSPS) is 15.3. The Kier molecular flexibility index (Phi) is 6.11. The molecule has 1 aliphatic rings. The maximum Gasteiger partial charge on any atom is 0.255 e. The van der Waals surface area contributed by atoms with Crippen molar-refractivity contribution in [2.45, 2.75) is 6.04 Å². The zero-order chi connectivity index (χ0) is 22.6. The van der Waals surface area contributed by atoms with Gasteiger partial charge < -0.3 is 19.2 Å². The number of furan rings is 1. The molecular formula is C27H26N2O4. The Balaban J connectivity index is 1.62. The molecule has 1 saturated heterocycles. The number of nitrogens with zero attached hydrogens (tertiary/aromatic N) is 1. The molecule has 168 valence electrons. The molecule has 0 aliphatic carbocycles. The fourth-order valence-corrected chi connectivity index (χ4v) is 4.31. The SMILES string of the molecule is COc1ccc([C@H](c2oc3ccccc3c2NC(=O)c2ccccc2)N2CCOCC2)cc1. The fourth-order valence-electron chi connectivity index (χ4n) is 4.31. The van der Waals surface area contributed by atoms with Crippen molar-refractivity contribution < 1.29 is 18.7 Å². The molecule has 1 N–H and O–H groups in total. The van der Waals surface area contributed by atoms with Crippen LogP contribution in [0, 0.1) is 0 Å². The summed E-state index contributed by atoms with van der Waals surface area (Å²) in [5.74, 6) is 1.34. The minimum atomic E-state index is -0.182. The third-order valence-corrected chi connectivity index (χ3v) is 5.99. The molecule has 6 heteroatoms. The molecule has 0 bridgehead atoms. The predicted molar refractivity (Wildman–Crippen MR) is 128 cm³/mol. The molecule has 1 aliphatic heterocycles. The van der Waals surface area contributed by atoms with Crippen LogP contribution in [0.15, 0.2) is 83.3 Å². The summed E-state index contributed by atoms with van der Waals surface area (Å²) in [6.45, 7) is 2.83. The lowest BCUT2D eigenvalue weighted by atomic mass is 10.00. The van der Waals surface area contributed by atoms with Crippen molar-refractivity contribution >= 4 is 22.6 Å². The van der Waals surface area contributed by atoms with Gasteiger partial charge >= 0.3 is 0 Å². The smallest absolute Gasteiger partial charge is 0.255 e. The Labute approximate surface area is 192 Å². The average molecular weight is 443 g/mol. The van der Waals surface area contributed by atoms with Gasteiger partial charge in [-0.1, -0.05) is 42.5 Å². The molecule has 0 unspecified atom stereocenters. The number of benzene rings is 3. The zero-order valence-electron chi connectivity index (χ0n) is 18.5. The number of methoxy groups -OCH3 is 1. The van der Waals surface area contributed by atoms with E-state index in [1.54, 1.807) is 19.2 Å². The topological polar surface area (TPSA) is 63.9 Å². The van der Waals surface area contributed by atoms with E-state index < -0.39 is 0 Å². The van der Waals surface area contributed by atoms with Crippen molar-refractivity contribution in [3.63, 3.8) is 0 Å². The second-order valence-electron chi connectivity index (χ2n) is 7.98. The standard InChI is InChI=1S/C27H26N2O4/c1-31-21-13-11-19(12-14-21)25(29-15-17-32-18-16-29)26-24(22-9-5-6-10-23(22)33-26)28-27(30)20-7-3-2-4-8-20/h2-14,25H,15-18H2,1H3,(H,28,30)/t25-/m1/s1. The van der Waals surface area contributed by atoms with Gasteiger partial charge in [-0.3, -0.25) is 9.69 Å². The van der Waals surface area contributed by atoms with E-state index in [9.17, 15) is 4.79 Å². The highest BCUT2D eigenvalue weighted by molar-refractivity contribution is 6.09. The van der Waals surface area contributed by atoms with Crippen LogP contribution in [0.2, 0.25) is 0 Å². The summed E-state index contributed by atoms with van der Waals surface area (Å²) in [5, 5.41) is 4.02. The molecule has 0 saturated carbocycles. The zero-order valence-corrected chi connectivity index (χ0v) is 18.5. The van der Waals surface area contributed by atoms with Crippen molar-refractivity contribution in [3.8, 4) is 5.75 Å². The van der Waals surface area contributed by atoms with Crippen molar-refractivity contribution in [2.75, 3.05) is 38.7 Å². The van der Waals surface area contributed by atoms with Crippen LogP contribution in [0.5, 0.6) is 5.75 Å². The van der Waals surface area contributed by atoms with Gasteiger partial charge in [0.1, 0.15) is 17.1 Å². The maximum absolute atomic E-state index is 13.1. The van der Waals surface area contributed by atoms with Crippen LogP contribution in [-0.4, -0.2) is 44.2 Å². The van der Waals surface area contributed by atoms with Gasteiger partial charge in [-0.05, 0) is 42.0 Å². The molecule has 0 spiro atoms. The van der Waals surface area contributed by atoms with Crippen LogP contribution in [0.25, 0.3) is 11.0 Å². The Morgan fingerprint density at radius 1 is 0.939 bits per heavy atom. The molecule has 4 aromatic rings. The number of para-hydroxylation sites is 1. The van der Waals surface area contributed by atoms with Gasteiger partial charge in [0.25, 0.3) is 5.91 Å².